The van der Waals surface area contributed by atoms with Crippen LogP contribution in [0.5, 0.6) is 0 Å². The lowest BCUT2D eigenvalue weighted by Gasteiger charge is -2.17. The van der Waals surface area contributed by atoms with Crippen molar-refractivity contribution < 1.29 is 9.90 Å². The summed E-state index contributed by atoms with van der Waals surface area (Å²) in [7, 11) is 1.70. The fourth-order valence-electron chi connectivity index (χ4n) is 1.56. The predicted octanol–water partition coefficient (Wildman–Crippen LogP) is 0.631. The molecule has 2 aromatic rings. The summed E-state index contributed by atoms with van der Waals surface area (Å²) in [6.07, 6.45) is 0.133. The molecule has 108 valence electrons. The van der Waals surface area contributed by atoms with Crippen LogP contribution in [-0.2, 0) is 11.3 Å². The van der Waals surface area contributed by atoms with Crippen molar-refractivity contribution in [2.45, 2.75) is 26.0 Å². The van der Waals surface area contributed by atoms with Crippen LogP contribution >= 0.6 is 11.3 Å². The summed E-state index contributed by atoms with van der Waals surface area (Å²) in [6, 6.07) is 3.82. The van der Waals surface area contributed by atoms with E-state index in [-0.39, 0.29) is 12.5 Å². The number of hydrogen-bond donors (Lipinski definition) is 1. The molecule has 0 aliphatic carbocycles. The molecule has 0 aliphatic rings. The fraction of sp³-hybridized carbons (Fsp3) is 0.500. The summed E-state index contributed by atoms with van der Waals surface area (Å²) in [5.74, 6) is 0.417. The minimum absolute atomic E-state index is 0.0503. The summed E-state index contributed by atoms with van der Waals surface area (Å²) in [6.45, 7) is 2.25. The third-order valence-corrected chi connectivity index (χ3v) is 3.64. The van der Waals surface area contributed by atoms with E-state index in [0.29, 0.717) is 18.8 Å². The third-order valence-electron chi connectivity index (χ3n) is 2.78. The molecule has 0 spiro atoms. The number of aliphatic hydroxyl groups is 1. The van der Waals surface area contributed by atoms with Crippen LogP contribution in [0.4, 0.5) is 0 Å². The van der Waals surface area contributed by atoms with Crippen molar-refractivity contribution in [3.8, 4) is 10.7 Å². The van der Waals surface area contributed by atoms with Gasteiger partial charge in [-0.05, 0) is 30.0 Å². The van der Waals surface area contributed by atoms with Crippen LogP contribution in [0.25, 0.3) is 10.7 Å². The van der Waals surface area contributed by atoms with Crippen molar-refractivity contribution in [1.29, 1.82) is 0 Å². The molecule has 0 saturated heterocycles. The Morgan fingerprint density at radius 2 is 2.40 bits per heavy atom. The Kier molecular flexibility index (Phi) is 4.80. The molecule has 1 unspecified atom stereocenters. The van der Waals surface area contributed by atoms with Crippen LogP contribution in [0.2, 0.25) is 0 Å². The van der Waals surface area contributed by atoms with E-state index in [9.17, 15) is 9.90 Å². The predicted molar refractivity (Wildman–Crippen MR) is 75.1 cm³/mol. The number of tetrazole rings is 1. The molecule has 0 aliphatic heterocycles. The highest BCUT2D eigenvalue weighted by Crippen LogP contribution is 2.19. The normalized spacial score (nSPS) is 12.3. The van der Waals surface area contributed by atoms with E-state index < -0.39 is 6.10 Å². The lowest BCUT2D eigenvalue weighted by atomic mass is 10.3. The minimum Gasteiger partial charge on any atom is -0.393 e. The second kappa shape index (κ2) is 6.58. The standard InChI is InChI=1S/C12H17N5O2S/c1-9(18)5-6-16(2)11(19)8-17-14-12(13-15-17)10-4-3-7-20-10/h3-4,7,9,18H,5-6,8H2,1-2H3. The van der Waals surface area contributed by atoms with Gasteiger partial charge in [0.1, 0.15) is 6.54 Å². The monoisotopic (exact) mass is 295 g/mol. The lowest BCUT2D eigenvalue weighted by molar-refractivity contribution is -0.131. The highest BCUT2D eigenvalue weighted by molar-refractivity contribution is 7.13. The van der Waals surface area contributed by atoms with Gasteiger partial charge in [-0.15, -0.1) is 21.5 Å². The zero-order valence-electron chi connectivity index (χ0n) is 11.4. The Labute approximate surface area is 120 Å². The average Bonchev–Trinajstić information content (AvgIpc) is 3.05. The van der Waals surface area contributed by atoms with Crippen LogP contribution in [0.15, 0.2) is 17.5 Å². The van der Waals surface area contributed by atoms with Gasteiger partial charge in [-0.1, -0.05) is 6.07 Å². The van der Waals surface area contributed by atoms with Crippen molar-refractivity contribution in [3.05, 3.63) is 17.5 Å². The topological polar surface area (TPSA) is 84.1 Å². The maximum atomic E-state index is 11.9. The van der Waals surface area contributed by atoms with Gasteiger partial charge < -0.3 is 10.0 Å². The second-order valence-electron chi connectivity index (χ2n) is 4.57. The SMILES string of the molecule is CC(O)CCN(C)C(=O)Cn1nnc(-c2cccs2)n1. The summed E-state index contributed by atoms with van der Waals surface area (Å²) in [4.78, 5) is 15.7. The number of amides is 1. The number of aromatic nitrogens is 4. The largest absolute Gasteiger partial charge is 0.393 e. The fourth-order valence-corrected chi connectivity index (χ4v) is 2.21. The first-order valence-electron chi connectivity index (χ1n) is 6.30. The Hall–Kier alpha value is -1.80. The van der Waals surface area contributed by atoms with Gasteiger partial charge in [0, 0.05) is 13.6 Å². The number of rotatable bonds is 6. The minimum atomic E-state index is -0.417. The molecule has 0 radical (unpaired) electrons. The van der Waals surface area contributed by atoms with Gasteiger partial charge in [-0.25, -0.2) is 0 Å². The molecule has 0 saturated carbocycles. The Bertz CT molecular complexity index is 552. The van der Waals surface area contributed by atoms with Crippen LogP contribution in [0, 0.1) is 0 Å². The molecule has 2 heterocycles. The number of carbonyl (C=O) groups is 1. The highest BCUT2D eigenvalue weighted by atomic mass is 32.1. The average molecular weight is 295 g/mol. The summed E-state index contributed by atoms with van der Waals surface area (Å²) in [5, 5.41) is 23.1. The molecule has 0 bridgehead atoms. The van der Waals surface area contributed by atoms with Crippen LogP contribution in [0.3, 0.4) is 0 Å². The molecule has 20 heavy (non-hydrogen) atoms. The van der Waals surface area contributed by atoms with E-state index in [2.05, 4.69) is 15.4 Å². The van der Waals surface area contributed by atoms with Crippen molar-refractivity contribution in [2.75, 3.05) is 13.6 Å². The molecule has 1 atom stereocenters. The molecule has 8 heteroatoms. The molecular weight excluding hydrogens is 278 g/mol. The van der Waals surface area contributed by atoms with E-state index in [1.807, 2.05) is 17.5 Å². The smallest absolute Gasteiger partial charge is 0.245 e. The maximum absolute atomic E-state index is 11.9. The van der Waals surface area contributed by atoms with E-state index in [1.54, 1.807) is 18.9 Å². The van der Waals surface area contributed by atoms with E-state index >= 15 is 0 Å². The maximum Gasteiger partial charge on any atom is 0.245 e. The van der Waals surface area contributed by atoms with Crippen LogP contribution in [-0.4, -0.2) is 55.8 Å². The molecule has 2 rings (SSSR count). The highest BCUT2D eigenvalue weighted by Gasteiger charge is 2.13. The van der Waals surface area contributed by atoms with Gasteiger partial charge in [0.15, 0.2) is 0 Å². The molecule has 1 amide bonds. The quantitative estimate of drug-likeness (QED) is 0.845. The van der Waals surface area contributed by atoms with Crippen molar-refractivity contribution >= 4 is 17.2 Å². The number of hydrogen-bond acceptors (Lipinski definition) is 6. The van der Waals surface area contributed by atoms with Crippen molar-refractivity contribution in [3.63, 3.8) is 0 Å². The number of likely N-dealkylation sites (N-methyl/N-ethyl adjacent to an activating group) is 1. The van der Waals surface area contributed by atoms with E-state index in [1.165, 1.54) is 16.1 Å². The van der Waals surface area contributed by atoms with Gasteiger partial charge >= 0.3 is 0 Å². The third kappa shape index (κ3) is 3.84. The van der Waals surface area contributed by atoms with Gasteiger partial charge in [0.2, 0.25) is 11.7 Å². The molecule has 1 N–H and O–H groups in total. The van der Waals surface area contributed by atoms with Crippen LogP contribution < -0.4 is 0 Å². The van der Waals surface area contributed by atoms with Gasteiger partial charge in [-0.2, -0.15) is 4.80 Å². The number of carbonyl (C=O) groups excluding carboxylic acids is 1. The summed E-state index contributed by atoms with van der Waals surface area (Å²) < 4.78 is 0. The Morgan fingerprint density at radius 3 is 3.05 bits per heavy atom. The molecule has 0 aromatic carbocycles. The first kappa shape index (κ1) is 14.6. The summed E-state index contributed by atoms with van der Waals surface area (Å²) >= 11 is 1.52. The zero-order valence-corrected chi connectivity index (χ0v) is 12.2. The second-order valence-corrected chi connectivity index (χ2v) is 5.52. The number of aliphatic hydroxyl groups excluding tert-OH is 1. The van der Waals surface area contributed by atoms with Crippen molar-refractivity contribution in [2.24, 2.45) is 0 Å². The first-order chi connectivity index (χ1) is 9.56. The van der Waals surface area contributed by atoms with Crippen LogP contribution in [0.1, 0.15) is 13.3 Å². The molecule has 0 fully saturated rings. The molecule has 2 aromatic heterocycles. The first-order valence-corrected chi connectivity index (χ1v) is 7.18. The van der Waals surface area contributed by atoms with E-state index in [4.69, 9.17) is 0 Å². The van der Waals surface area contributed by atoms with Gasteiger partial charge in [-0.3, -0.25) is 4.79 Å². The summed E-state index contributed by atoms with van der Waals surface area (Å²) in [5.41, 5.74) is 0. The van der Waals surface area contributed by atoms with E-state index in [0.717, 1.165) is 4.88 Å². The molecular formula is C12H17N5O2S. The Balaban J connectivity index is 1.91. The van der Waals surface area contributed by atoms with Crippen molar-refractivity contribution in [1.82, 2.24) is 25.1 Å². The Morgan fingerprint density at radius 1 is 1.60 bits per heavy atom. The lowest BCUT2D eigenvalue weighted by Crippen LogP contribution is -2.33. The van der Waals surface area contributed by atoms with Gasteiger partial charge in [0.05, 0.1) is 11.0 Å². The number of nitrogens with zero attached hydrogens (tertiary/aromatic N) is 5. The zero-order chi connectivity index (χ0) is 14.5. The van der Waals surface area contributed by atoms with Gasteiger partial charge in [0.25, 0.3) is 0 Å². The number of thiophene rings is 1. The molecule has 7 nitrogen and oxygen atoms in total.